The van der Waals surface area contributed by atoms with Crippen molar-refractivity contribution in [1.29, 1.82) is 0 Å². The van der Waals surface area contributed by atoms with Crippen molar-refractivity contribution in [3.05, 3.63) is 59.9 Å². The van der Waals surface area contributed by atoms with Crippen molar-refractivity contribution >= 4 is 12.2 Å². The van der Waals surface area contributed by atoms with Gasteiger partial charge in [-0.1, -0.05) is 18.7 Å². The molecule has 0 spiro atoms. The Labute approximate surface area is 196 Å². The number of carbonyl (C=O) groups is 1. The van der Waals surface area contributed by atoms with Gasteiger partial charge in [-0.15, -0.1) is 10.2 Å². The Balaban J connectivity index is 1.70. The third kappa shape index (κ3) is 4.37. The maximum atomic E-state index is 15.4. The van der Waals surface area contributed by atoms with Crippen LogP contribution in [0.15, 0.2) is 36.9 Å². The number of hydrogen-bond acceptors (Lipinski definition) is 5. The Morgan fingerprint density at radius 1 is 1.12 bits per heavy atom. The summed E-state index contributed by atoms with van der Waals surface area (Å²) in [5.74, 6) is -0.00668. The van der Waals surface area contributed by atoms with Crippen molar-refractivity contribution in [2.45, 2.75) is 39.5 Å². The summed E-state index contributed by atoms with van der Waals surface area (Å²) >= 11 is 0. The van der Waals surface area contributed by atoms with Crippen LogP contribution in [0.5, 0.6) is 5.75 Å². The largest absolute Gasteiger partial charge is 0.496 e. The number of methoxy groups -OCH3 is 1. The third-order valence-corrected chi connectivity index (χ3v) is 5.45. The summed E-state index contributed by atoms with van der Waals surface area (Å²) in [6.45, 7) is 10.2. The monoisotopic (exact) mass is 468 g/mol. The van der Waals surface area contributed by atoms with Crippen LogP contribution in [0.1, 0.15) is 32.2 Å². The van der Waals surface area contributed by atoms with Crippen molar-refractivity contribution in [3.8, 4) is 28.3 Å². The first-order valence-corrected chi connectivity index (χ1v) is 10.8. The Bertz CT molecular complexity index is 1260. The predicted octanol–water partition coefficient (Wildman–Crippen LogP) is 5.29. The van der Waals surface area contributed by atoms with Gasteiger partial charge in [-0.25, -0.2) is 13.6 Å². The highest BCUT2D eigenvalue weighted by molar-refractivity contribution is 5.82. The van der Waals surface area contributed by atoms with Crippen LogP contribution in [0.4, 0.5) is 13.6 Å². The second kappa shape index (κ2) is 8.89. The van der Waals surface area contributed by atoms with Gasteiger partial charge in [0, 0.05) is 24.2 Å². The molecule has 0 aliphatic carbocycles. The minimum atomic E-state index is -0.639. The zero-order chi connectivity index (χ0) is 24.6. The predicted molar refractivity (Wildman–Crippen MR) is 124 cm³/mol. The van der Waals surface area contributed by atoms with Gasteiger partial charge < -0.3 is 14.0 Å². The maximum absolute atomic E-state index is 15.4. The van der Waals surface area contributed by atoms with E-state index in [9.17, 15) is 9.18 Å². The average Bonchev–Trinajstić information content (AvgIpc) is 3.21. The zero-order valence-electron chi connectivity index (χ0n) is 19.6. The molecule has 0 saturated heterocycles. The first-order valence-electron chi connectivity index (χ1n) is 10.8. The van der Waals surface area contributed by atoms with Crippen LogP contribution in [0.3, 0.4) is 0 Å². The standard InChI is InChI=1S/C25H26F2N4O3/c1-6-15-12-16(13-18(27)21(15)22-17(26)8-7-9-19(22)33-5)23-29-28-20-14-30(10-11-31(20)23)24(32)34-25(2,3)4/h6-9,12-13H,1,10-11,14H2,2-5H3. The lowest BCUT2D eigenvalue weighted by Crippen LogP contribution is -2.41. The smallest absolute Gasteiger partial charge is 0.410 e. The molecule has 0 unspecified atom stereocenters. The van der Waals surface area contributed by atoms with Gasteiger partial charge in [-0.05, 0) is 50.6 Å². The molecular formula is C25H26F2N4O3. The van der Waals surface area contributed by atoms with E-state index in [4.69, 9.17) is 9.47 Å². The molecule has 4 rings (SSSR count). The van der Waals surface area contributed by atoms with Crippen molar-refractivity contribution in [1.82, 2.24) is 19.7 Å². The van der Waals surface area contributed by atoms with Crippen molar-refractivity contribution < 1.29 is 23.0 Å². The highest BCUT2D eigenvalue weighted by atomic mass is 19.1. The molecule has 2 aromatic carbocycles. The van der Waals surface area contributed by atoms with Gasteiger partial charge in [0.25, 0.3) is 0 Å². The number of halogens is 2. The van der Waals surface area contributed by atoms with E-state index in [1.165, 1.54) is 31.4 Å². The third-order valence-electron chi connectivity index (χ3n) is 5.45. The van der Waals surface area contributed by atoms with E-state index in [0.29, 0.717) is 35.9 Å². The summed E-state index contributed by atoms with van der Waals surface area (Å²) in [4.78, 5) is 14.0. The zero-order valence-corrected chi connectivity index (χ0v) is 19.6. The Hall–Kier alpha value is -3.75. The number of aromatic nitrogens is 3. The van der Waals surface area contributed by atoms with Crippen LogP contribution in [0.25, 0.3) is 28.6 Å². The molecule has 34 heavy (non-hydrogen) atoms. The van der Waals surface area contributed by atoms with E-state index in [1.54, 1.807) is 17.0 Å². The fourth-order valence-corrected chi connectivity index (χ4v) is 3.95. The molecule has 0 fully saturated rings. The van der Waals surface area contributed by atoms with E-state index < -0.39 is 23.3 Å². The molecule has 2 heterocycles. The number of fused-ring (bicyclic) bond motifs is 1. The average molecular weight is 469 g/mol. The molecule has 3 aromatic rings. The van der Waals surface area contributed by atoms with Crippen molar-refractivity contribution in [3.63, 3.8) is 0 Å². The molecule has 178 valence electrons. The summed E-state index contributed by atoms with van der Waals surface area (Å²) < 4.78 is 42.6. The summed E-state index contributed by atoms with van der Waals surface area (Å²) in [6.07, 6.45) is 1.04. The van der Waals surface area contributed by atoms with Gasteiger partial charge in [-0.2, -0.15) is 0 Å². The van der Waals surface area contributed by atoms with E-state index in [-0.39, 0.29) is 23.4 Å². The number of hydrogen-bond donors (Lipinski definition) is 0. The second-order valence-corrected chi connectivity index (χ2v) is 8.94. The Morgan fingerprint density at radius 2 is 1.88 bits per heavy atom. The molecule has 0 atom stereocenters. The van der Waals surface area contributed by atoms with Gasteiger partial charge in [0.15, 0.2) is 11.6 Å². The van der Waals surface area contributed by atoms with Gasteiger partial charge >= 0.3 is 6.09 Å². The molecule has 9 heteroatoms. The van der Waals surface area contributed by atoms with Crippen LogP contribution < -0.4 is 4.74 Å². The quantitative estimate of drug-likeness (QED) is 0.520. The molecule has 1 amide bonds. The van der Waals surface area contributed by atoms with Crippen LogP contribution in [-0.4, -0.2) is 45.0 Å². The molecule has 0 bridgehead atoms. The highest BCUT2D eigenvalue weighted by Crippen LogP contribution is 2.39. The van der Waals surface area contributed by atoms with Crippen LogP contribution in [0, 0.1) is 11.6 Å². The molecule has 7 nitrogen and oxygen atoms in total. The topological polar surface area (TPSA) is 69.5 Å². The highest BCUT2D eigenvalue weighted by Gasteiger charge is 2.29. The van der Waals surface area contributed by atoms with Crippen molar-refractivity contribution in [2.75, 3.05) is 13.7 Å². The molecule has 1 aliphatic heterocycles. The molecule has 0 N–H and O–H groups in total. The van der Waals surface area contributed by atoms with Crippen LogP contribution >= 0.6 is 0 Å². The van der Waals surface area contributed by atoms with Gasteiger partial charge in [0.1, 0.15) is 23.0 Å². The van der Waals surface area contributed by atoms with Crippen molar-refractivity contribution in [2.24, 2.45) is 0 Å². The maximum Gasteiger partial charge on any atom is 0.410 e. The fourth-order valence-electron chi connectivity index (χ4n) is 3.95. The molecule has 1 aromatic heterocycles. The van der Waals surface area contributed by atoms with E-state index in [1.807, 2.05) is 25.3 Å². The molecular weight excluding hydrogens is 442 g/mol. The molecule has 0 saturated carbocycles. The van der Waals surface area contributed by atoms with Gasteiger partial charge in [0.2, 0.25) is 0 Å². The minimum Gasteiger partial charge on any atom is -0.496 e. The fraction of sp³-hybridized carbons (Fsp3) is 0.320. The normalized spacial score (nSPS) is 13.4. The number of ether oxygens (including phenoxy) is 2. The first-order chi connectivity index (χ1) is 16.1. The molecule has 1 aliphatic rings. The Morgan fingerprint density at radius 3 is 2.56 bits per heavy atom. The van der Waals surface area contributed by atoms with Crippen LogP contribution in [-0.2, 0) is 17.8 Å². The lowest BCUT2D eigenvalue weighted by molar-refractivity contribution is 0.0196. The SMILES string of the molecule is C=Cc1cc(-c2nnc3n2CCN(C(=O)OC(C)(C)C)C3)cc(F)c1-c1c(F)cccc1OC. The second-order valence-electron chi connectivity index (χ2n) is 8.94. The summed E-state index contributed by atoms with van der Waals surface area (Å²) in [5.41, 5.74) is 0.343. The summed E-state index contributed by atoms with van der Waals surface area (Å²) in [7, 11) is 1.40. The first kappa shape index (κ1) is 23.4. The molecule has 0 radical (unpaired) electrons. The van der Waals surface area contributed by atoms with E-state index >= 15 is 4.39 Å². The number of benzene rings is 2. The lowest BCUT2D eigenvalue weighted by atomic mass is 9.95. The Kier molecular flexibility index (Phi) is 6.12. The van der Waals surface area contributed by atoms with E-state index in [2.05, 4.69) is 16.8 Å². The van der Waals surface area contributed by atoms with E-state index in [0.717, 1.165) is 0 Å². The number of carbonyl (C=O) groups excluding carboxylic acids is 1. The number of nitrogens with zero attached hydrogens (tertiary/aromatic N) is 4. The van der Waals surface area contributed by atoms with Gasteiger partial charge in [0.05, 0.1) is 19.2 Å². The lowest BCUT2D eigenvalue weighted by Gasteiger charge is -2.30. The minimum absolute atomic E-state index is 0.0280. The number of amides is 1. The summed E-state index contributed by atoms with van der Waals surface area (Å²) in [5, 5.41) is 8.45. The van der Waals surface area contributed by atoms with Crippen LogP contribution in [0.2, 0.25) is 0 Å². The van der Waals surface area contributed by atoms with Gasteiger partial charge in [-0.3, -0.25) is 4.90 Å². The summed E-state index contributed by atoms with van der Waals surface area (Å²) in [6, 6.07) is 7.31. The number of rotatable bonds is 4.